The number of carbonyl (C=O) groups is 2. The molecular weight excluding hydrogens is 420 g/mol. The van der Waals surface area contributed by atoms with Gasteiger partial charge in [-0.3, -0.25) is 20.0 Å². The first-order chi connectivity index (χ1) is 16.1. The first-order valence-corrected chi connectivity index (χ1v) is 10.3. The van der Waals surface area contributed by atoms with Gasteiger partial charge in [-0.05, 0) is 29.3 Å². The van der Waals surface area contributed by atoms with Crippen molar-refractivity contribution in [2.24, 2.45) is 0 Å². The zero-order valence-electron chi connectivity index (χ0n) is 17.9. The van der Waals surface area contributed by atoms with Crippen LogP contribution >= 0.6 is 0 Å². The molecule has 0 radical (unpaired) electrons. The van der Waals surface area contributed by atoms with E-state index in [0.29, 0.717) is 28.4 Å². The second-order valence-corrected chi connectivity index (χ2v) is 7.28. The molecule has 0 saturated carbocycles. The van der Waals surface area contributed by atoms with Gasteiger partial charge in [0.1, 0.15) is 5.69 Å². The van der Waals surface area contributed by atoms with Gasteiger partial charge in [-0.2, -0.15) is 0 Å². The molecule has 0 aliphatic carbocycles. The number of pyridine rings is 2. The lowest BCUT2D eigenvalue weighted by Crippen LogP contribution is -2.86. The highest BCUT2D eigenvalue weighted by atomic mass is 16.5. The molecule has 2 amide bonds. The quantitative estimate of drug-likeness (QED) is 0.388. The van der Waals surface area contributed by atoms with Gasteiger partial charge in [-0.25, -0.2) is 4.98 Å². The summed E-state index contributed by atoms with van der Waals surface area (Å²) in [6.07, 6.45) is 4.87. The third kappa shape index (κ3) is 4.78. The summed E-state index contributed by atoms with van der Waals surface area (Å²) in [7, 11) is 1.47. The van der Waals surface area contributed by atoms with Crippen molar-refractivity contribution in [3.8, 4) is 5.88 Å². The molecule has 3 heterocycles. The standard InChI is InChI=1S/C24H22N6O3/c1-33-24-17(10-6-12-27-24)29-18(31)14-28-22-19(20(25)15-7-3-2-4-8-15)21(30-23(22)32)16-9-5-11-26-13-16/h2-13,21,25,28H,14H2,1H3,(H,29,31)(H,30,32)/p+1. The molecule has 1 aromatic carbocycles. The SMILES string of the molecule is COc1ncccc1NC(=O)C[NH2+]C1=C(C(=N)c2ccccc2)C(c2cccnc2)NC1=O. The maximum Gasteiger partial charge on any atom is 0.306 e. The van der Waals surface area contributed by atoms with Crippen molar-refractivity contribution in [1.29, 1.82) is 5.41 Å². The average molecular weight is 443 g/mol. The Morgan fingerprint density at radius 1 is 1.15 bits per heavy atom. The highest BCUT2D eigenvalue weighted by molar-refractivity contribution is 6.17. The predicted octanol–water partition coefficient (Wildman–Crippen LogP) is 1.18. The number of hydrogen-bond acceptors (Lipinski definition) is 6. The van der Waals surface area contributed by atoms with Gasteiger partial charge < -0.3 is 20.7 Å². The maximum absolute atomic E-state index is 12.9. The van der Waals surface area contributed by atoms with Crippen LogP contribution in [0.4, 0.5) is 5.69 Å². The van der Waals surface area contributed by atoms with Crippen molar-refractivity contribution >= 4 is 23.2 Å². The molecule has 33 heavy (non-hydrogen) atoms. The molecule has 1 aliphatic heterocycles. The summed E-state index contributed by atoms with van der Waals surface area (Å²) in [6.45, 7) is -0.0634. The van der Waals surface area contributed by atoms with E-state index < -0.39 is 6.04 Å². The van der Waals surface area contributed by atoms with Crippen molar-refractivity contribution in [1.82, 2.24) is 15.3 Å². The van der Waals surface area contributed by atoms with Crippen LogP contribution in [0.2, 0.25) is 0 Å². The van der Waals surface area contributed by atoms with Crippen LogP contribution in [-0.2, 0) is 9.59 Å². The van der Waals surface area contributed by atoms with E-state index in [0.717, 1.165) is 5.56 Å². The van der Waals surface area contributed by atoms with Crippen LogP contribution in [0, 0.1) is 5.41 Å². The number of nitrogens with zero attached hydrogens (tertiary/aromatic N) is 2. The molecule has 1 aliphatic rings. The van der Waals surface area contributed by atoms with Crippen LogP contribution in [0.1, 0.15) is 17.2 Å². The lowest BCUT2D eigenvalue weighted by molar-refractivity contribution is -0.588. The van der Waals surface area contributed by atoms with E-state index in [1.54, 1.807) is 42.1 Å². The molecule has 2 aromatic heterocycles. The summed E-state index contributed by atoms with van der Waals surface area (Å²) >= 11 is 0. The van der Waals surface area contributed by atoms with Crippen LogP contribution in [0.3, 0.4) is 0 Å². The molecule has 0 bridgehead atoms. The number of ether oxygens (including phenoxy) is 1. The van der Waals surface area contributed by atoms with Crippen LogP contribution in [-0.4, -0.2) is 41.1 Å². The van der Waals surface area contributed by atoms with Gasteiger partial charge in [0.15, 0.2) is 6.54 Å². The number of rotatable bonds is 8. The molecule has 3 aromatic rings. The van der Waals surface area contributed by atoms with Gasteiger partial charge in [0, 0.05) is 18.6 Å². The Hall–Kier alpha value is -4.37. The third-order valence-corrected chi connectivity index (χ3v) is 5.18. The second-order valence-electron chi connectivity index (χ2n) is 7.28. The highest BCUT2D eigenvalue weighted by Crippen LogP contribution is 2.30. The zero-order valence-corrected chi connectivity index (χ0v) is 17.9. The number of benzene rings is 1. The van der Waals surface area contributed by atoms with Crippen LogP contribution in [0.15, 0.2) is 84.5 Å². The minimum absolute atomic E-state index is 0.0634. The van der Waals surface area contributed by atoms with Crippen LogP contribution < -0.4 is 20.7 Å². The van der Waals surface area contributed by atoms with Crippen LogP contribution in [0.5, 0.6) is 5.88 Å². The van der Waals surface area contributed by atoms with E-state index in [-0.39, 0.29) is 24.1 Å². The van der Waals surface area contributed by atoms with E-state index in [1.165, 1.54) is 7.11 Å². The molecule has 9 heteroatoms. The van der Waals surface area contributed by atoms with Crippen molar-refractivity contribution in [3.05, 3.63) is 95.6 Å². The highest BCUT2D eigenvalue weighted by Gasteiger charge is 2.39. The minimum Gasteiger partial charge on any atom is -0.480 e. The molecule has 5 N–H and O–H groups in total. The molecular formula is C24H23N6O3+. The molecule has 0 saturated heterocycles. The number of anilines is 1. The Balaban J connectivity index is 1.61. The lowest BCUT2D eigenvalue weighted by atomic mass is 9.93. The number of hydrogen-bond donors (Lipinski definition) is 4. The summed E-state index contributed by atoms with van der Waals surface area (Å²) in [4.78, 5) is 33.7. The number of quaternary nitrogens is 1. The molecule has 4 rings (SSSR count). The molecule has 1 unspecified atom stereocenters. The molecule has 1 atom stereocenters. The Morgan fingerprint density at radius 3 is 2.67 bits per heavy atom. The van der Waals surface area contributed by atoms with E-state index in [9.17, 15) is 9.59 Å². The summed E-state index contributed by atoms with van der Waals surface area (Å²) in [5.74, 6) is -0.379. The first-order valence-electron chi connectivity index (χ1n) is 10.3. The molecule has 0 fully saturated rings. The number of carbonyl (C=O) groups excluding carboxylic acids is 2. The Bertz CT molecular complexity index is 1210. The van der Waals surface area contributed by atoms with Gasteiger partial charge >= 0.3 is 5.91 Å². The number of aromatic nitrogens is 2. The maximum atomic E-state index is 12.9. The smallest absolute Gasteiger partial charge is 0.306 e. The van der Waals surface area contributed by atoms with Gasteiger partial charge in [0.2, 0.25) is 11.6 Å². The van der Waals surface area contributed by atoms with E-state index in [1.807, 2.05) is 36.4 Å². The second kappa shape index (κ2) is 9.84. The summed E-state index contributed by atoms with van der Waals surface area (Å²) in [5.41, 5.74) is 2.89. The van der Waals surface area contributed by atoms with Gasteiger partial charge in [0.05, 0.1) is 24.4 Å². The van der Waals surface area contributed by atoms with Crippen molar-refractivity contribution in [2.75, 3.05) is 19.0 Å². The largest absolute Gasteiger partial charge is 0.480 e. The van der Waals surface area contributed by atoms with E-state index in [2.05, 4.69) is 20.6 Å². The van der Waals surface area contributed by atoms with Crippen LogP contribution in [0.25, 0.3) is 0 Å². The Morgan fingerprint density at radius 2 is 1.94 bits per heavy atom. The summed E-state index contributed by atoms with van der Waals surface area (Å²) < 4.78 is 5.16. The topological polar surface area (TPSA) is 134 Å². The van der Waals surface area contributed by atoms with E-state index >= 15 is 0 Å². The Labute approximate surface area is 190 Å². The fraction of sp³-hybridized carbons (Fsp3) is 0.125. The summed E-state index contributed by atoms with van der Waals surface area (Å²) in [5, 5.41) is 16.1. The lowest BCUT2D eigenvalue weighted by Gasteiger charge is -2.15. The normalized spacial score (nSPS) is 15.2. The molecule has 9 nitrogen and oxygen atoms in total. The van der Waals surface area contributed by atoms with Crippen molar-refractivity contribution in [3.63, 3.8) is 0 Å². The molecule has 166 valence electrons. The van der Waals surface area contributed by atoms with Crippen molar-refractivity contribution in [2.45, 2.75) is 6.04 Å². The number of nitrogens with one attached hydrogen (secondary N) is 3. The number of nitrogens with two attached hydrogens (primary N) is 1. The third-order valence-electron chi connectivity index (χ3n) is 5.18. The fourth-order valence-corrected chi connectivity index (χ4v) is 3.64. The fourth-order valence-electron chi connectivity index (χ4n) is 3.64. The Kier molecular flexibility index (Phi) is 6.51. The monoisotopic (exact) mass is 443 g/mol. The van der Waals surface area contributed by atoms with Crippen molar-refractivity contribution < 1.29 is 19.6 Å². The average Bonchev–Trinajstić information content (AvgIpc) is 3.19. The minimum atomic E-state index is -0.536. The van der Waals surface area contributed by atoms with Gasteiger partial charge in [-0.15, -0.1) is 0 Å². The zero-order chi connectivity index (χ0) is 23.2. The summed E-state index contributed by atoms with van der Waals surface area (Å²) in [6, 6.07) is 15.6. The number of amides is 2. The first kappa shape index (κ1) is 21.8. The predicted molar refractivity (Wildman–Crippen MR) is 122 cm³/mol. The van der Waals surface area contributed by atoms with Gasteiger partial charge in [-0.1, -0.05) is 36.4 Å². The van der Waals surface area contributed by atoms with E-state index in [4.69, 9.17) is 10.1 Å². The van der Waals surface area contributed by atoms with Gasteiger partial charge in [0.25, 0.3) is 5.91 Å². The number of methoxy groups -OCH3 is 1. The molecule has 0 spiro atoms.